The van der Waals surface area contributed by atoms with Gasteiger partial charge in [0, 0.05) is 6.54 Å². The summed E-state index contributed by atoms with van der Waals surface area (Å²) in [7, 11) is 0. The average molecular weight is 226 g/mol. The third kappa shape index (κ3) is 5.86. The summed E-state index contributed by atoms with van der Waals surface area (Å²) in [5.41, 5.74) is 6.07. The van der Waals surface area contributed by atoms with Crippen LogP contribution < -0.4 is 5.73 Å². The van der Waals surface area contributed by atoms with Gasteiger partial charge >= 0.3 is 0 Å². The van der Waals surface area contributed by atoms with E-state index in [1.807, 2.05) is 0 Å². The summed E-state index contributed by atoms with van der Waals surface area (Å²) in [5, 5.41) is 0. The highest BCUT2D eigenvalue weighted by molar-refractivity contribution is 4.77. The molecule has 0 amide bonds. The third-order valence-electron chi connectivity index (χ3n) is 3.81. The molecule has 1 saturated carbocycles. The third-order valence-corrected chi connectivity index (χ3v) is 3.81. The zero-order valence-corrected chi connectivity index (χ0v) is 11.5. The molecule has 0 heterocycles. The highest BCUT2D eigenvalue weighted by atomic mass is 15.1. The Morgan fingerprint density at radius 2 is 1.94 bits per heavy atom. The molecule has 0 spiro atoms. The lowest BCUT2D eigenvalue weighted by molar-refractivity contribution is 0.236. The van der Waals surface area contributed by atoms with Crippen LogP contribution in [0.3, 0.4) is 0 Å². The van der Waals surface area contributed by atoms with E-state index < -0.39 is 0 Å². The molecule has 1 aliphatic rings. The molecular weight excluding hydrogens is 196 g/mol. The van der Waals surface area contributed by atoms with Gasteiger partial charge in [-0.05, 0) is 63.1 Å². The van der Waals surface area contributed by atoms with Crippen LogP contribution in [-0.2, 0) is 0 Å². The average Bonchev–Trinajstić information content (AvgIpc) is 2.99. The van der Waals surface area contributed by atoms with Crippen LogP contribution in [-0.4, -0.2) is 31.1 Å². The molecule has 96 valence electrons. The van der Waals surface area contributed by atoms with Crippen LogP contribution in [0.5, 0.6) is 0 Å². The van der Waals surface area contributed by atoms with Gasteiger partial charge in [0.25, 0.3) is 0 Å². The molecule has 0 saturated heterocycles. The highest BCUT2D eigenvalue weighted by Gasteiger charge is 2.24. The molecule has 2 heteroatoms. The van der Waals surface area contributed by atoms with Crippen LogP contribution in [0.1, 0.15) is 52.9 Å². The fourth-order valence-electron chi connectivity index (χ4n) is 2.34. The van der Waals surface area contributed by atoms with Crippen molar-refractivity contribution >= 4 is 0 Å². The van der Waals surface area contributed by atoms with Crippen LogP contribution in [0.2, 0.25) is 0 Å². The first-order valence-electron chi connectivity index (χ1n) is 7.00. The number of hydrogen-bond donors (Lipinski definition) is 1. The van der Waals surface area contributed by atoms with E-state index in [9.17, 15) is 0 Å². The van der Waals surface area contributed by atoms with Gasteiger partial charge in [-0.2, -0.15) is 0 Å². The molecular formula is C14H30N2. The number of rotatable bonds is 9. The Morgan fingerprint density at radius 1 is 1.25 bits per heavy atom. The lowest BCUT2D eigenvalue weighted by Crippen LogP contribution is -2.28. The van der Waals surface area contributed by atoms with Crippen molar-refractivity contribution in [3.63, 3.8) is 0 Å². The molecule has 0 bridgehead atoms. The van der Waals surface area contributed by atoms with E-state index in [-0.39, 0.29) is 0 Å². The van der Waals surface area contributed by atoms with Crippen molar-refractivity contribution in [2.24, 2.45) is 17.1 Å². The lowest BCUT2D eigenvalue weighted by atomic mass is 9.84. The summed E-state index contributed by atoms with van der Waals surface area (Å²) in [6, 6.07) is 0. The minimum Gasteiger partial charge on any atom is -0.330 e. The van der Waals surface area contributed by atoms with Gasteiger partial charge in [-0.15, -0.1) is 0 Å². The number of nitrogens with zero attached hydrogens (tertiary/aromatic N) is 1. The predicted molar refractivity (Wildman–Crippen MR) is 71.5 cm³/mol. The first-order valence-corrected chi connectivity index (χ1v) is 7.00. The van der Waals surface area contributed by atoms with Gasteiger partial charge in [0.1, 0.15) is 0 Å². The molecule has 2 N–H and O–H groups in total. The van der Waals surface area contributed by atoms with Gasteiger partial charge in [-0.25, -0.2) is 0 Å². The monoisotopic (exact) mass is 226 g/mol. The van der Waals surface area contributed by atoms with E-state index >= 15 is 0 Å². The maximum Gasteiger partial charge on any atom is 0.000954 e. The smallest absolute Gasteiger partial charge is 0.000954 e. The summed E-state index contributed by atoms with van der Waals surface area (Å²) in [6.07, 6.45) is 6.73. The molecule has 1 aliphatic carbocycles. The van der Waals surface area contributed by atoms with Crippen LogP contribution >= 0.6 is 0 Å². The highest BCUT2D eigenvalue weighted by Crippen LogP contribution is 2.30. The van der Waals surface area contributed by atoms with Crippen molar-refractivity contribution < 1.29 is 0 Å². The predicted octanol–water partition coefficient (Wildman–Crippen LogP) is 2.87. The van der Waals surface area contributed by atoms with E-state index in [4.69, 9.17) is 5.73 Å². The number of hydrogen-bond acceptors (Lipinski definition) is 2. The quantitative estimate of drug-likeness (QED) is 0.655. The standard InChI is InChI=1S/C14H30N2/c1-4-16(12-13-6-7-13)11-5-8-14(2,3)9-10-15/h13H,4-12,15H2,1-3H3. The van der Waals surface area contributed by atoms with E-state index in [0.29, 0.717) is 5.41 Å². The van der Waals surface area contributed by atoms with Crippen molar-refractivity contribution in [2.45, 2.75) is 52.9 Å². The minimum atomic E-state index is 0.438. The summed E-state index contributed by atoms with van der Waals surface area (Å²) in [5.74, 6) is 1.03. The molecule has 1 fully saturated rings. The topological polar surface area (TPSA) is 29.3 Å². The summed E-state index contributed by atoms with van der Waals surface area (Å²) < 4.78 is 0. The molecule has 0 aliphatic heterocycles. The maximum absolute atomic E-state index is 5.64. The van der Waals surface area contributed by atoms with Crippen molar-refractivity contribution in [1.29, 1.82) is 0 Å². The van der Waals surface area contributed by atoms with E-state index in [1.165, 1.54) is 45.3 Å². The van der Waals surface area contributed by atoms with E-state index in [1.54, 1.807) is 0 Å². The molecule has 0 aromatic heterocycles. The minimum absolute atomic E-state index is 0.438. The van der Waals surface area contributed by atoms with E-state index in [2.05, 4.69) is 25.7 Å². The number of nitrogens with two attached hydrogens (primary N) is 1. The summed E-state index contributed by atoms with van der Waals surface area (Å²) in [6.45, 7) is 11.6. The van der Waals surface area contributed by atoms with Crippen LogP contribution in [0.25, 0.3) is 0 Å². The lowest BCUT2D eigenvalue weighted by Gasteiger charge is -2.26. The van der Waals surface area contributed by atoms with Crippen LogP contribution in [0, 0.1) is 11.3 Å². The second-order valence-electron chi connectivity index (χ2n) is 6.14. The van der Waals surface area contributed by atoms with Gasteiger partial charge in [0.05, 0.1) is 0 Å². The normalized spacial score (nSPS) is 17.1. The first-order chi connectivity index (χ1) is 7.57. The van der Waals surface area contributed by atoms with Crippen molar-refractivity contribution in [3.05, 3.63) is 0 Å². The van der Waals surface area contributed by atoms with Crippen LogP contribution in [0.4, 0.5) is 0 Å². The molecule has 0 radical (unpaired) electrons. The molecule has 0 aromatic rings. The van der Waals surface area contributed by atoms with Gasteiger partial charge in [0.2, 0.25) is 0 Å². The molecule has 2 nitrogen and oxygen atoms in total. The Kier molecular flexibility index (Phi) is 5.77. The Balaban J connectivity index is 2.11. The SMILES string of the molecule is CCN(CCCC(C)(C)CCN)CC1CC1. The van der Waals surface area contributed by atoms with Gasteiger partial charge in [0.15, 0.2) is 0 Å². The zero-order valence-electron chi connectivity index (χ0n) is 11.5. The summed E-state index contributed by atoms with van der Waals surface area (Å²) in [4.78, 5) is 2.62. The zero-order chi connectivity index (χ0) is 12.0. The van der Waals surface area contributed by atoms with Gasteiger partial charge < -0.3 is 10.6 Å². The Labute approximate surface area is 102 Å². The molecule has 16 heavy (non-hydrogen) atoms. The molecule has 1 rings (SSSR count). The fraction of sp³-hybridized carbons (Fsp3) is 1.00. The van der Waals surface area contributed by atoms with Gasteiger partial charge in [-0.1, -0.05) is 20.8 Å². The molecule has 0 atom stereocenters. The van der Waals surface area contributed by atoms with Crippen LogP contribution in [0.15, 0.2) is 0 Å². The Bertz CT molecular complexity index is 185. The second kappa shape index (κ2) is 6.61. The Morgan fingerprint density at radius 3 is 2.44 bits per heavy atom. The van der Waals surface area contributed by atoms with Crippen molar-refractivity contribution in [2.75, 3.05) is 26.2 Å². The van der Waals surface area contributed by atoms with Crippen molar-refractivity contribution in [1.82, 2.24) is 4.90 Å². The first kappa shape index (κ1) is 14.0. The van der Waals surface area contributed by atoms with E-state index in [0.717, 1.165) is 18.9 Å². The largest absolute Gasteiger partial charge is 0.330 e. The fourth-order valence-corrected chi connectivity index (χ4v) is 2.34. The summed E-state index contributed by atoms with van der Waals surface area (Å²) >= 11 is 0. The molecule has 0 aromatic carbocycles. The molecule has 0 unspecified atom stereocenters. The maximum atomic E-state index is 5.64. The van der Waals surface area contributed by atoms with Gasteiger partial charge in [-0.3, -0.25) is 0 Å². The second-order valence-corrected chi connectivity index (χ2v) is 6.14. The van der Waals surface area contributed by atoms with Crippen molar-refractivity contribution in [3.8, 4) is 0 Å². The Hall–Kier alpha value is -0.0800.